The fourth-order valence-corrected chi connectivity index (χ4v) is 2.80. The highest BCUT2D eigenvalue weighted by Crippen LogP contribution is 2.26. The molecule has 0 unspecified atom stereocenters. The number of carbonyl (C=O) groups is 2. The van der Waals surface area contributed by atoms with Crippen LogP contribution in [0.3, 0.4) is 0 Å². The van der Waals surface area contributed by atoms with E-state index in [9.17, 15) is 14.9 Å². The van der Waals surface area contributed by atoms with Gasteiger partial charge in [0.05, 0.1) is 0 Å². The molecular weight excluding hydrogens is 358 g/mol. The van der Waals surface area contributed by atoms with Gasteiger partial charge in [0.25, 0.3) is 5.91 Å². The van der Waals surface area contributed by atoms with Crippen LogP contribution in [0.2, 0.25) is 0 Å². The van der Waals surface area contributed by atoms with Gasteiger partial charge in [-0.1, -0.05) is 19.1 Å². The molecule has 7 nitrogen and oxygen atoms in total. The summed E-state index contributed by atoms with van der Waals surface area (Å²) < 4.78 is 12.3. The second kappa shape index (κ2) is 8.27. The number of rotatable bonds is 6. The Hall–Kier alpha value is -3.79. The lowest BCUT2D eigenvalue weighted by Gasteiger charge is -2.07. The van der Waals surface area contributed by atoms with Crippen molar-refractivity contribution in [1.29, 1.82) is 5.26 Å². The number of carbonyl (C=O) groups excluding carboxylic acids is 2. The summed E-state index contributed by atoms with van der Waals surface area (Å²) in [6, 6.07) is 12.9. The number of anilines is 1. The molecule has 2 heterocycles. The molecule has 1 N–H and O–H groups in total. The van der Waals surface area contributed by atoms with Crippen LogP contribution in [0.1, 0.15) is 34.2 Å². The van der Waals surface area contributed by atoms with E-state index < -0.39 is 18.5 Å². The average molecular weight is 377 g/mol. The van der Waals surface area contributed by atoms with Crippen molar-refractivity contribution in [2.75, 3.05) is 11.9 Å². The Labute approximate surface area is 162 Å². The van der Waals surface area contributed by atoms with Gasteiger partial charge in [-0.05, 0) is 43.2 Å². The molecule has 0 aliphatic rings. The van der Waals surface area contributed by atoms with Crippen molar-refractivity contribution in [1.82, 2.24) is 4.57 Å². The molecule has 0 saturated carbocycles. The molecule has 0 saturated heterocycles. The van der Waals surface area contributed by atoms with E-state index in [0.29, 0.717) is 5.69 Å². The Morgan fingerprint density at radius 1 is 1.25 bits per heavy atom. The Kier molecular flexibility index (Phi) is 5.61. The third kappa shape index (κ3) is 3.96. The lowest BCUT2D eigenvalue weighted by Crippen LogP contribution is -2.21. The highest BCUT2D eigenvalue weighted by molar-refractivity contribution is 5.97. The summed E-state index contributed by atoms with van der Waals surface area (Å²) in [5.41, 5.74) is 1.80. The summed E-state index contributed by atoms with van der Waals surface area (Å²) >= 11 is 0. The molecule has 3 aromatic rings. The molecule has 0 aliphatic heterocycles. The molecule has 142 valence electrons. The summed E-state index contributed by atoms with van der Waals surface area (Å²) in [4.78, 5) is 24.6. The highest BCUT2D eigenvalue weighted by atomic mass is 16.5. The summed E-state index contributed by atoms with van der Waals surface area (Å²) in [6.45, 7) is 3.12. The number of esters is 1. The Balaban J connectivity index is 1.70. The molecule has 0 aliphatic carbocycles. The van der Waals surface area contributed by atoms with E-state index in [-0.39, 0.29) is 22.8 Å². The lowest BCUT2D eigenvalue weighted by atomic mass is 10.1. The monoisotopic (exact) mass is 377 g/mol. The van der Waals surface area contributed by atoms with Gasteiger partial charge < -0.3 is 14.5 Å². The molecule has 7 heteroatoms. The van der Waals surface area contributed by atoms with Gasteiger partial charge in [-0.2, -0.15) is 5.26 Å². The van der Waals surface area contributed by atoms with Crippen LogP contribution >= 0.6 is 0 Å². The number of aromatic nitrogens is 1. The number of nitriles is 1. The van der Waals surface area contributed by atoms with Crippen molar-refractivity contribution in [2.24, 2.45) is 0 Å². The largest absolute Gasteiger partial charge is 0.452 e. The molecule has 0 atom stereocenters. The van der Waals surface area contributed by atoms with Crippen molar-refractivity contribution in [2.45, 2.75) is 20.3 Å². The fourth-order valence-electron chi connectivity index (χ4n) is 2.80. The summed E-state index contributed by atoms with van der Waals surface area (Å²) in [5, 5.41) is 12.2. The number of ether oxygens (including phenoxy) is 1. The van der Waals surface area contributed by atoms with Crippen molar-refractivity contribution >= 4 is 17.6 Å². The maximum absolute atomic E-state index is 12.5. The minimum Gasteiger partial charge on any atom is -0.452 e. The zero-order chi connectivity index (χ0) is 20.1. The smallest absolute Gasteiger partial charge is 0.343 e. The van der Waals surface area contributed by atoms with Gasteiger partial charge in [-0.15, -0.1) is 0 Å². The summed E-state index contributed by atoms with van der Waals surface area (Å²) in [6.07, 6.45) is 4.25. The van der Waals surface area contributed by atoms with Gasteiger partial charge in [0.15, 0.2) is 6.61 Å². The second-order valence-corrected chi connectivity index (χ2v) is 6.09. The predicted molar refractivity (Wildman–Crippen MR) is 102 cm³/mol. The minimum atomic E-state index is -0.784. The van der Waals surface area contributed by atoms with Gasteiger partial charge in [0.2, 0.25) is 5.88 Å². The van der Waals surface area contributed by atoms with Crippen LogP contribution in [-0.2, 0) is 16.0 Å². The van der Waals surface area contributed by atoms with Crippen LogP contribution in [0.15, 0.2) is 53.2 Å². The van der Waals surface area contributed by atoms with Crippen LogP contribution in [0.4, 0.5) is 5.69 Å². The zero-order valence-electron chi connectivity index (χ0n) is 15.6. The molecule has 0 radical (unpaired) electrons. The Morgan fingerprint density at radius 3 is 2.68 bits per heavy atom. The number of nitrogens with one attached hydrogen (secondary N) is 1. The number of amides is 1. The first-order valence-corrected chi connectivity index (χ1v) is 8.76. The molecule has 1 aromatic carbocycles. The number of benzene rings is 1. The van der Waals surface area contributed by atoms with Crippen molar-refractivity contribution in [3.8, 4) is 12.0 Å². The Bertz CT molecular complexity index is 1040. The molecule has 2 aromatic heterocycles. The van der Waals surface area contributed by atoms with Gasteiger partial charge in [-0.3, -0.25) is 9.36 Å². The van der Waals surface area contributed by atoms with Gasteiger partial charge in [0.1, 0.15) is 23.0 Å². The van der Waals surface area contributed by atoms with E-state index in [1.165, 1.54) is 0 Å². The molecular formula is C21H19N3O4. The molecule has 0 fully saturated rings. The van der Waals surface area contributed by atoms with Gasteiger partial charge >= 0.3 is 5.97 Å². The summed E-state index contributed by atoms with van der Waals surface area (Å²) in [5.74, 6) is -0.764. The van der Waals surface area contributed by atoms with Crippen molar-refractivity contribution in [3.05, 3.63) is 71.2 Å². The van der Waals surface area contributed by atoms with E-state index >= 15 is 0 Å². The maximum Gasteiger partial charge on any atom is 0.343 e. The van der Waals surface area contributed by atoms with Crippen molar-refractivity contribution in [3.63, 3.8) is 0 Å². The zero-order valence-corrected chi connectivity index (χ0v) is 15.6. The van der Waals surface area contributed by atoms with Gasteiger partial charge in [0, 0.05) is 18.1 Å². The van der Waals surface area contributed by atoms with Gasteiger partial charge in [-0.25, -0.2) is 4.79 Å². The summed E-state index contributed by atoms with van der Waals surface area (Å²) in [7, 11) is 0. The molecule has 0 bridgehead atoms. The second-order valence-electron chi connectivity index (χ2n) is 6.09. The van der Waals surface area contributed by atoms with E-state index in [1.54, 1.807) is 42.1 Å². The topological polar surface area (TPSA) is 97.3 Å². The van der Waals surface area contributed by atoms with Crippen LogP contribution < -0.4 is 5.32 Å². The standard InChI is InChI=1S/C21H19N3O4/c1-3-15-7-6-8-16(11-15)23-18(25)13-27-21(26)19-14(2)28-20(17(19)12-22)24-9-4-5-10-24/h4-11H,3,13H2,1-2H3,(H,23,25). The fraction of sp³-hybridized carbons (Fsp3) is 0.190. The lowest BCUT2D eigenvalue weighted by molar-refractivity contribution is -0.119. The van der Waals surface area contributed by atoms with Crippen molar-refractivity contribution < 1.29 is 18.7 Å². The normalized spacial score (nSPS) is 10.3. The first kappa shape index (κ1) is 19.0. The first-order valence-electron chi connectivity index (χ1n) is 8.76. The molecule has 1 amide bonds. The quantitative estimate of drug-likeness (QED) is 0.662. The van der Waals surface area contributed by atoms with E-state index in [4.69, 9.17) is 9.15 Å². The third-order valence-corrected chi connectivity index (χ3v) is 4.17. The SMILES string of the molecule is CCc1cccc(NC(=O)COC(=O)c2c(C)oc(-n3cccc3)c2C#N)c1. The average Bonchev–Trinajstić information content (AvgIpc) is 3.33. The predicted octanol–water partition coefficient (Wildman–Crippen LogP) is 3.61. The van der Waals surface area contributed by atoms with Crippen LogP contribution in [0, 0.1) is 18.3 Å². The van der Waals surface area contributed by atoms with Crippen LogP contribution in [-0.4, -0.2) is 23.1 Å². The number of hydrogen-bond donors (Lipinski definition) is 1. The number of aryl methyl sites for hydroxylation is 2. The molecule has 3 rings (SSSR count). The van der Waals surface area contributed by atoms with E-state index in [2.05, 4.69) is 5.32 Å². The number of hydrogen-bond acceptors (Lipinski definition) is 5. The minimum absolute atomic E-state index is 0.0204. The number of nitrogens with zero attached hydrogens (tertiary/aromatic N) is 2. The number of furan rings is 1. The van der Waals surface area contributed by atoms with Crippen LogP contribution in [0.25, 0.3) is 5.88 Å². The maximum atomic E-state index is 12.5. The Morgan fingerprint density at radius 2 is 2.00 bits per heavy atom. The van der Waals surface area contributed by atoms with E-state index in [0.717, 1.165) is 12.0 Å². The van der Waals surface area contributed by atoms with Crippen LogP contribution in [0.5, 0.6) is 0 Å². The highest BCUT2D eigenvalue weighted by Gasteiger charge is 2.26. The first-order chi connectivity index (χ1) is 13.5. The molecule has 28 heavy (non-hydrogen) atoms. The third-order valence-electron chi connectivity index (χ3n) is 4.17. The van der Waals surface area contributed by atoms with E-state index in [1.807, 2.05) is 31.2 Å². The molecule has 0 spiro atoms.